The fourth-order valence-electron chi connectivity index (χ4n) is 3.06. The number of aryl methyl sites for hydroxylation is 1. The van der Waals surface area contributed by atoms with Crippen LogP contribution in [0.25, 0.3) is 11.0 Å². The first-order valence-electron chi connectivity index (χ1n) is 9.96. The normalized spacial score (nSPS) is 12.7. The molecule has 1 unspecified atom stereocenters. The molecule has 1 aromatic heterocycles. The second-order valence-corrected chi connectivity index (χ2v) is 8.37. The van der Waals surface area contributed by atoms with E-state index in [-0.39, 0.29) is 17.9 Å². The summed E-state index contributed by atoms with van der Waals surface area (Å²) in [6, 6.07) is 12.4. The zero-order valence-corrected chi connectivity index (χ0v) is 18.1. The summed E-state index contributed by atoms with van der Waals surface area (Å²) < 4.78 is 16.7. The average Bonchev–Trinajstić information content (AvgIpc) is 3.05. The van der Waals surface area contributed by atoms with Crippen molar-refractivity contribution in [3.8, 4) is 11.5 Å². The number of aliphatic hydroxyl groups is 1. The molecular formula is C24H29NO5. The molecule has 0 saturated carbocycles. The zero-order chi connectivity index (χ0) is 21.9. The number of benzene rings is 2. The highest BCUT2D eigenvalue weighted by Gasteiger charge is 2.20. The highest BCUT2D eigenvalue weighted by Crippen LogP contribution is 2.30. The Balaban J connectivity index is 1.73. The fraction of sp³-hybridized carbons (Fsp3) is 0.375. The minimum Gasteiger partial charge on any atom is -0.497 e. The van der Waals surface area contributed by atoms with Crippen molar-refractivity contribution in [2.45, 2.75) is 39.3 Å². The minimum absolute atomic E-state index is 0.0710. The number of hydrogen-bond acceptors (Lipinski definition) is 6. The van der Waals surface area contributed by atoms with E-state index in [1.807, 2.05) is 39.8 Å². The highest BCUT2D eigenvalue weighted by atomic mass is 16.5. The fourth-order valence-corrected chi connectivity index (χ4v) is 3.06. The first kappa shape index (κ1) is 21.9. The number of β-amino-alcohol motifs (C(OH)–C–C–N with tert-alkyl or cyclic N) is 1. The van der Waals surface area contributed by atoms with Gasteiger partial charge >= 0.3 is 0 Å². The van der Waals surface area contributed by atoms with Crippen molar-refractivity contribution in [2.24, 2.45) is 0 Å². The monoisotopic (exact) mass is 411 g/mol. The Kier molecular flexibility index (Phi) is 6.48. The number of ether oxygens (including phenoxy) is 2. The molecule has 0 aliphatic heterocycles. The van der Waals surface area contributed by atoms with E-state index in [1.165, 1.54) is 0 Å². The van der Waals surface area contributed by atoms with Crippen LogP contribution in [0.15, 0.2) is 46.9 Å². The van der Waals surface area contributed by atoms with Gasteiger partial charge in [-0.05, 0) is 64.1 Å². The van der Waals surface area contributed by atoms with Crippen LogP contribution in [0.1, 0.15) is 42.5 Å². The molecule has 6 nitrogen and oxygen atoms in total. The van der Waals surface area contributed by atoms with Crippen molar-refractivity contribution >= 4 is 16.8 Å². The van der Waals surface area contributed by atoms with E-state index >= 15 is 0 Å². The summed E-state index contributed by atoms with van der Waals surface area (Å²) >= 11 is 0. The van der Waals surface area contributed by atoms with E-state index in [0.717, 1.165) is 10.9 Å². The van der Waals surface area contributed by atoms with E-state index in [9.17, 15) is 9.90 Å². The van der Waals surface area contributed by atoms with Gasteiger partial charge in [0.25, 0.3) is 0 Å². The largest absolute Gasteiger partial charge is 0.497 e. The predicted octanol–water partition coefficient (Wildman–Crippen LogP) is 4.11. The van der Waals surface area contributed by atoms with Gasteiger partial charge in [0, 0.05) is 34.7 Å². The van der Waals surface area contributed by atoms with Crippen LogP contribution in [-0.4, -0.2) is 42.8 Å². The van der Waals surface area contributed by atoms with E-state index in [2.05, 4.69) is 5.32 Å². The summed E-state index contributed by atoms with van der Waals surface area (Å²) in [5.41, 5.74) is 1.82. The average molecular weight is 411 g/mol. The summed E-state index contributed by atoms with van der Waals surface area (Å²) in [4.78, 5) is 12.9. The number of rotatable bonds is 8. The highest BCUT2D eigenvalue weighted by molar-refractivity contribution is 6.10. The smallest absolute Gasteiger partial charge is 0.228 e. The quantitative estimate of drug-likeness (QED) is 0.543. The number of ketones is 1. The maximum Gasteiger partial charge on any atom is 0.228 e. The van der Waals surface area contributed by atoms with Crippen LogP contribution in [0.4, 0.5) is 0 Å². The van der Waals surface area contributed by atoms with Gasteiger partial charge in [-0.3, -0.25) is 4.79 Å². The van der Waals surface area contributed by atoms with Crippen LogP contribution in [0, 0.1) is 6.92 Å². The van der Waals surface area contributed by atoms with Crippen molar-refractivity contribution in [2.75, 3.05) is 20.3 Å². The van der Waals surface area contributed by atoms with Crippen LogP contribution < -0.4 is 14.8 Å². The maximum atomic E-state index is 12.9. The molecule has 30 heavy (non-hydrogen) atoms. The molecular weight excluding hydrogens is 382 g/mol. The number of hydrogen-bond donors (Lipinski definition) is 2. The molecule has 3 rings (SSSR count). The Morgan fingerprint density at radius 2 is 1.80 bits per heavy atom. The molecule has 0 aliphatic rings. The summed E-state index contributed by atoms with van der Waals surface area (Å²) in [5, 5.41) is 14.2. The molecule has 1 atom stereocenters. The Morgan fingerprint density at radius 3 is 2.43 bits per heavy atom. The van der Waals surface area contributed by atoms with Crippen molar-refractivity contribution in [1.29, 1.82) is 0 Å². The number of furan rings is 1. The lowest BCUT2D eigenvalue weighted by Gasteiger charge is -2.22. The number of aliphatic hydroxyl groups excluding tert-OH is 1. The van der Waals surface area contributed by atoms with Crippen LogP contribution >= 0.6 is 0 Å². The Hall–Kier alpha value is -2.83. The third-order valence-corrected chi connectivity index (χ3v) is 4.78. The van der Waals surface area contributed by atoms with Gasteiger partial charge in [-0.25, -0.2) is 0 Å². The third kappa shape index (κ3) is 5.20. The van der Waals surface area contributed by atoms with Gasteiger partial charge in [0.15, 0.2) is 5.76 Å². The van der Waals surface area contributed by atoms with Crippen LogP contribution in [0.3, 0.4) is 0 Å². The Morgan fingerprint density at radius 1 is 1.13 bits per heavy atom. The molecule has 0 radical (unpaired) electrons. The molecule has 0 aliphatic carbocycles. The molecule has 6 heteroatoms. The van der Waals surface area contributed by atoms with Gasteiger partial charge in [-0.1, -0.05) is 0 Å². The maximum absolute atomic E-state index is 12.9. The first-order valence-corrected chi connectivity index (χ1v) is 9.96. The lowest BCUT2D eigenvalue weighted by Crippen LogP contribution is -2.42. The van der Waals surface area contributed by atoms with E-state index in [1.54, 1.807) is 37.4 Å². The Bertz CT molecular complexity index is 1010. The number of fused-ring (bicyclic) bond motifs is 1. The second kappa shape index (κ2) is 8.90. The predicted molar refractivity (Wildman–Crippen MR) is 117 cm³/mol. The van der Waals surface area contributed by atoms with Crippen molar-refractivity contribution < 1.29 is 23.8 Å². The number of carbonyl (C=O) groups is 1. The lowest BCUT2D eigenvalue weighted by atomic mass is 10.0. The Labute approximate surface area is 176 Å². The second-order valence-electron chi connectivity index (χ2n) is 8.37. The molecule has 0 fully saturated rings. The number of carbonyl (C=O) groups excluding carboxylic acids is 1. The molecule has 0 amide bonds. The molecule has 160 valence electrons. The van der Waals surface area contributed by atoms with Gasteiger partial charge in [0.05, 0.1) is 7.11 Å². The van der Waals surface area contributed by atoms with Crippen molar-refractivity contribution in [3.05, 3.63) is 59.4 Å². The summed E-state index contributed by atoms with van der Waals surface area (Å²) in [6.45, 7) is 8.58. The molecule has 0 bridgehead atoms. The van der Waals surface area contributed by atoms with Gasteiger partial charge in [0.1, 0.15) is 29.8 Å². The first-order chi connectivity index (χ1) is 14.2. The lowest BCUT2D eigenvalue weighted by molar-refractivity contribution is 0.100. The van der Waals surface area contributed by atoms with Gasteiger partial charge in [-0.2, -0.15) is 0 Å². The molecule has 1 heterocycles. The van der Waals surface area contributed by atoms with E-state index < -0.39 is 6.10 Å². The van der Waals surface area contributed by atoms with Crippen LogP contribution in [0.5, 0.6) is 11.5 Å². The molecule has 0 spiro atoms. The van der Waals surface area contributed by atoms with Crippen molar-refractivity contribution in [3.63, 3.8) is 0 Å². The van der Waals surface area contributed by atoms with Crippen LogP contribution in [0.2, 0.25) is 0 Å². The standard InChI is InChI=1S/C24H29NO5/c1-15-20-11-10-19(29-14-17(26)13-25-24(2,3)4)12-21(20)30-23(15)22(27)16-6-8-18(28-5)9-7-16/h6-12,17,25-26H,13-14H2,1-5H3. The van der Waals surface area contributed by atoms with E-state index in [4.69, 9.17) is 13.9 Å². The third-order valence-electron chi connectivity index (χ3n) is 4.78. The molecule has 3 aromatic rings. The van der Waals surface area contributed by atoms with Crippen molar-refractivity contribution in [1.82, 2.24) is 5.32 Å². The van der Waals surface area contributed by atoms with Crippen LogP contribution in [-0.2, 0) is 0 Å². The van der Waals surface area contributed by atoms with Gasteiger partial charge in [0.2, 0.25) is 5.78 Å². The minimum atomic E-state index is -0.634. The topological polar surface area (TPSA) is 80.9 Å². The van der Waals surface area contributed by atoms with Gasteiger partial charge in [-0.15, -0.1) is 0 Å². The summed E-state index contributed by atoms with van der Waals surface area (Å²) in [7, 11) is 1.58. The molecule has 2 N–H and O–H groups in total. The summed E-state index contributed by atoms with van der Waals surface area (Å²) in [5.74, 6) is 1.39. The SMILES string of the molecule is COc1ccc(C(=O)c2oc3cc(OCC(O)CNC(C)(C)C)ccc3c2C)cc1. The molecule has 2 aromatic carbocycles. The summed E-state index contributed by atoms with van der Waals surface area (Å²) in [6.07, 6.45) is -0.634. The molecule has 0 saturated heterocycles. The number of nitrogens with one attached hydrogen (secondary N) is 1. The van der Waals surface area contributed by atoms with Gasteiger partial charge < -0.3 is 24.3 Å². The number of methoxy groups -OCH3 is 1. The van der Waals surface area contributed by atoms with E-state index in [0.29, 0.717) is 35.0 Å². The zero-order valence-electron chi connectivity index (χ0n) is 18.1.